The lowest BCUT2D eigenvalue weighted by molar-refractivity contribution is -0.121. The molecule has 0 saturated heterocycles. The first-order chi connectivity index (χ1) is 12.5. The zero-order valence-corrected chi connectivity index (χ0v) is 15.6. The molecule has 0 spiro atoms. The molecule has 4 rings (SSSR count). The van der Waals surface area contributed by atoms with Crippen molar-refractivity contribution in [1.29, 1.82) is 0 Å². The third kappa shape index (κ3) is 2.17. The van der Waals surface area contributed by atoms with Crippen molar-refractivity contribution in [2.24, 2.45) is 5.92 Å². The second-order valence-electron chi connectivity index (χ2n) is 7.54. The molecular formula is C22H25NO3. The standard InChI is InChI=1S/C22H25NO3/c1-13-14(2)20-18(12-19(13)26-3)22(21(25)23-20,15-6-4-5-7-15)16-8-10-17(24)11-9-16/h8-12,15,24H,4-7H2,1-3H3,(H,23,25). The lowest BCUT2D eigenvalue weighted by Gasteiger charge is -2.35. The largest absolute Gasteiger partial charge is 0.508 e. The van der Waals surface area contributed by atoms with Crippen LogP contribution in [0.25, 0.3) is 0 Å². The minimum Gasteiger partial charge on any atom is -0.508 e. The van der Waals surface area contributed by atoms with E-state index in [1.165, 1.54) is 0 Å². The van der Waals surface area contributed by atoms with E-state index in [1.54, 1.807) is 19.2 Å². The van der Waals surface area contributed by atoms with E-state index in [4.69, 9.17) is 4.74 Å². The summed E-state index contributed by atoms with van der Waals surface area (Å²) in [6.07, 6.45) is 4.36. The van der Waals surface area contributed by atoms with Gasteiger partial charge in [-0.25, -0.2) is 0 Å². The Morgan fingerprint density at radius 1 is 1.12 bits per heavy atom. The molecule has 0 radical (unpaired) electrons. The third-order valence-corrected chi connectivity index (χ3v) is 6.38. The number of carbonyl (C=O) groups is 1. The van der Waals surface area contributed by atoms with Gasteiger partial charge in [0.25, 0.3) is 0 Å². The molecule has 2 aromatic carbocycles. The molecule has 0 aromatic heterocycles. The van der Waals surface area contributed by atoms with Crippen LogP contribution in [0.5, 0.6) is 11.5 Å². The number of aromatic hydroxyl groups is 1. The van der Waals surface area contributed by atoms with Crippen LogP contribution in [-0.2, 0) is 10.2 Å². The van der Waals surface area contributed by atoms with E-state index < -0.39 is 5.41 Å². The van der Waals surface area contributed by atoms with Crippen molar-refractivity contribution in [3.8, 4) is 11.5 Å². The third-order valence-electron chi connectivity index (χ3n) is 6.38. The highest BCUT2D eigenvalue weighted by molar-refractivity contribution is 6.10. The van der Waals surface area contributed by atoms with Gasteiger partial charge in [-0.2, -0.15) is 0 Å². The maximum Gasteiger partial charge on any atom is 0.239 e. The molecule has 0 bridgehead atoms. The topological polar surface area (TPSA) is 58.6 Å². The van der Waals surface area contributed by atoms with E-state index in [0.29, 0.717) is 0 Å². The number of methoxy groups -OCH3 is 1. The Labute approximate surface area is 154 Å². The minimum atomic E-state index is -0.717. The first-order valence-electron chi connectivity index (χ1n) is 9.29. The van der Waals surface area contributed by atoms with Crippen molar-refractivity contribution in [3.05, 3.63) is 52.6 Å². The molecule has 4 nitrogen and oxygen atoms in total. The Balaban J connectivity index is 2.03. The maximum absolute atomic E-state index is 13.5. The molecule has 1 unspecified atom stereocenters. The van der Waals surface area contributed by atoms with Crippen LogP contribution in [0.3, 0.4) is 0 Å². The number of amides is 1. The summed E-state index contributed by atoms with van der Waals surface area (Å²) in [4.78, 5) is 13.5. The summed E-state index contributed by atoms with van der Waals surface area (Å²) in [5.74, 6) is 1.33. The summed E-state index contributed by atoms with van der Waals surface area (Å²) in [6.45, 7) is 4.06. The molecule has 1 atom stereocenters. The van der Waals surface area contributed by atoms with Gasteiger partial charge in [0.2, 0.25) is 5.91 Å². The number of benzene rings is 2. The van der Waals surface area contributed by atoms with Crippen molar-refractivity contribution >= 4 is 11.6 Å². The molecule has 1 aliphatic carbocycles. The smallest absolute Gasteiger partial charge is 0.239 e. The molecule has 136 valence electrons. The van der Waals surface area contributed by atoms with Gasteiger partial charge in [-0.3, -0.25) is 4.79 Å². The molecule has 1 heterocycles. The summed E-state index contributed by atoms with van der Waals surface area (Å²) >= 11 is 0. The number of phenolic OH excluding ortho intramolecular Hbond substituents is 1. The summed E-state index contributed by atoms with van der Waals surface area (Å²) in [5, 5.41) is 12.9. The number of phenols is 1. The van der Waals surface area contributed by atoms with E-state index in [9.17, 15) is 9.90 Å². The Morgan fingerprint density at radius 3 is 2.38 bits per heavy atom. The van der Waals surface area contributed by atoms with Gasteiger partial charge in [-0.05, 0) is 73.1 Å². The van der Waals surface area contributed by atoms with Gasteiger partial charge in [0.15, 0.2) is 0 Å². The second kappa shape index (κ2) is 6.04. The van der Waals surface area contributed by atoms with Gasteiger partial charge in [0.1, 0.15) is 16.9 Å². The number of fused-ring (bicyclic) bond motifs is 1. The van der Waals surface area contributed by atoms with Crippen molar-refractivity contribution < 1.29 is 14.6 Å². The summed E-state index contributed by atoms with van der Waals surface area (Å²) in [6, 6.07) is 9.18. The lowest BCUT2D eigenvalue weighted by atomic mass is 9.65. The summed E-state index contributed by atoms with van der Waals surface area (Å²) in [5.41, 5.74) is 4.29. The van der Waals surface area contributed by atoms with E-state index in [0.717, 1.165) is 59.4 Å². The van der Waals surface area contributed by atoms with Gasteiger partial charge in [-0.1, -0.05) is 25.0 Å². The highest BCUT2D eigenvalue weighted by atomic mass is 16.5. The van der Waals surface area contributed by atoms with Crippen LogP contribution in [0.1, 0.15) is 47.9 Å². The van der Waals surface area contributed by atoms with Crippen LogP contribution in [0.15, 0.2) is 30.3 Å². The Hall–Kier alpha value is -2.49. The number of nitrogens with one attached hydrogen (secondary N) is 1. The maximum atomic E-state index is 13.5. The van der Waals surface area contributed by atoms with Crippen LogP contribution in [-0.4, -0.2) is 18.1 Å². The van der Waals surface area contributed by atoms with E-state index in [2.05, 4.69) is 5.32 Å². The normalized spacial score (nSPS) is 22.3. The Morgan fingerprint density at radius 2 is 1.77 bits per heavy atom. The second-order valence-corrected chi connectivity index (χ2v) is 7.54. The van der Waals surface area contributed by atoms with Crippen molar-refractivity contribution in [2.45, 2.75) is 44.9 Å². The van der Waals surface area contributed by atoms with Crippen LogP contribution in [0.2, 0.25) is 0 Å². The van der Waals surface area contributed by atoms with E-state index in [1.807, 2.05) is 32.0 Å². The van der Waals surface area contributed by atoms with Gasteiger partial charge in [-0.15, -0.1) is 0 Å². The zero-order valence-electron chi connectivity index (χ0n) is 15.6. The number of carbonyl (C=O) groups excluding carboxylic acids is 1. The highest BCUT2D eigenvalue weighted by Gasteiger charge is 2.54. The SMILES string of the molecule is COc1cc2c(c(C)c1C)NC(=O)C2(c1ccc(O)cc1)C1CCCC1. The number of anilines is 1. The predicted octanol–water partition coefficient (Wildman–Crippen LogP) is 4.45. The molecule has 4 heteroatoms. The quantitative estimate of drug-likeness (QED) is 0.859. The van der Waals surface area contributed by atoms with Crippen LogP contribution < -0.4 is 10.1 Å². The Bertz CT molecular complexity index is 866. The average Bonchev–Trinajstić information content (AvgIpc) is 3.26. The fourth-order valence-electron chi connectivity index (χ4n) is 4.92. The van der Waals surface area contributed by atoms with Gasteiger partial charge in [0.05, 0.1) is 7.11 Å². The van der Waals surface area contributed by atoms with Crippen molar-refractivity contribution in [1.82, 2.24) is 0 Å². The molecule has 1 fully saturated rings. The molecule has 2 aromatic rings. The monoisotopic (exact) mass is 351 g/mol. The zero-order chi connectivity index (χ0) is 18.5. The molecule has 1 aliphatic heterocycles. The number of ether oxygens (including phenoxy) is 1. The summed E-state index contributed by atoms with van der Waals surface area (Å²) < 4.78 is 5.62. The van der Waals surface area contributed by atoms with E-state index in [-0.39, 0.29) is 17.6 Å². The molecule has 26 heavy (non-hydrogen) atoms. The first kappa shape index (κ1) is 17.0. The highest BCUT2D eigenvalue weighted by Crippen LogP contribution is 2.55. The van der Waals surface area contributed by atoms with Crippen LogP contribution in [0, 0.1) is 19.8 Å². The minimum absolute atomic E-state index is 0.0424. The molecule has 1 amide bonds. The first-order valence-corrected chi connectivity index (χ1v) is 9.29. The van der Waals surface area contributed by atoms with Crippen LogP contribution >= 0.6 is 0 Å². The molecule has 1 saturated carbocycles. The average molecular weight is 351 g/mol. The number of hydrogen-bond donors (Lipinski definition) is 2. The van der Waals surface area contributed by atoms with Gasteiger partial charge in [0, 0.05) is 5.69 Å². The molecular weight excluding hydrogens is 326 g/mol. The van der Waals surface area contributed by atoms with Crippen molar-refractivity contribution in [3.63, 3.8) is 0 Å². The van der Waals surface area contributed by atoms with Crippen molar-refractivity contribution in [2.75, 3.05) is 12.4 Å². The van der Waals surface area contributed by atoms with E-state index >= 15 is 0 Å². The fraction of sp³-hybridized carbons (Fsp3) is 0.409. The summed E-state index contributed by atoms with van der Waals surface area (Å²) in [7, 11) is 1.68. The lowest BCUT2D eigenvalue weighted by Crippen LogP contribution is -2.42. The Kier molecular flexibility index (Phi) is 3.94. The van der Waals surface area contributed by atoms with Gasteiger partial charge < -0.3 is 15.2 Å². The number of hydrogen-bond acceptors (Lipinski definition) is 3. The predicted molar refractivity (Wildman–Crippen MR) is 102 cm³/mol. The number of rotatable bonds is 3. The molecule has 2 aliphatic rings. The molecule has 2 N–H and O–H groups in total. The van der Waals surface area contributed by atoms with Crippen LogP contribution in [0.4, 0.5) is 5.69 Å². The fourth-order valence-corrected chi connectivity index (χ4v) is 4.92. The van der Waals surface area contributed by atoms with Gasteiger partial charge >= 0.3 is 0 Å².